The number of hydrogen-bond donors (Lipinski definition) is 2. The molecule has 2 N–H and O–H groups in total. The van der Waals surface area contributed by atoms with Crippen molar-refractivity contribution in [2.24, 2.45) is 5.92 Å². The van der Waals surface area contributed by atoms with Crippen molar-refractivity contribution in [2.75, 3.05) is 0 Å². The molecular weight excluding hydrogens is 345 g/mol. The van der Waals surface area contributed by atoms with Crippen molar-refractivity contribution < 1.29 is 27.9 Å². The second kappa shape index (κ2) is 7.00. The van der Waals surface area contributed by atoms with E-state index in [-0.39, 0.29) is 0 Å². The summed E-state index contributed by atoms with van der Waals surface area (Å²) in [5.41, 5.74) is 0.137. The Kier molecular flexibility index (Phi) is 5.23. The Morgan fingerprint density at radius 3 is 2.38 bits per heavy atom. The number of carbonyl (C=O) groups is 2. The van der Waals surface area contributed by atoms with Crippen LogP contribution in [0.4, 0.5) is 13.2 Å². The number of carbonyl (C=O) groups excluding carboxylic acids is 1. The van der Waals surface area contributed by atoms with Crippen LogP contribution in [0, 0.1) is 5.92 Å². The third-order valence-corrected chi connectivity index (χ3v) is 4.20. The van der Waals surface area contributed by atoms with Crippen LogP contribution >= 0.6 is 11.3 Å². The largest absolute Gasteiger partial charge is 0.481 e. The van der Waals surface area contributed by atoms with Crippen LogP contribution in [-0.4, -0.2) is 22.0 Å². The van der Waals surface area contributed by atoms with Gasteiger partial charge in [-0.15, -0.1) is 11.3 Å². The van der Waals surface area contributed by atoms with E-state index in [9.17, 15) is 27.9 Å². The Hall–Kier alpha value is -2.42. The number of carboxylic acid groups (broad SMARTS) is 1. The van der Waals surface area contributed by atoms with Crippen LogP contribution in [-0.2, 0) is 11.0 Å². The number of nitrogens with zero attached hydrogens (tertiary/aromatic N) is 1. The topological polar surface area (TPSA) is 79.3 Å². The van der Waals surface area contributed by atoms with Gasteiger partial charge in [-0.2, -0.15) is 13.2 Å². The van der Waals surface area contributed by atoms with E-state index in [1.54, 1.807) is 30.3 Å². The Morgan fingerprint density at radius 2 is 1.88 bits per heavy atom. The first kappa shape index (κ1) is 17.9. The first-order chi connectivity index (χ1) is 11.2. The van der Waals surface area contributed by atoms with E-state index >= 15 is 0 Å². The van der Waals surface area contributed by atoms with Crippen molar-refractivity contribution in [2.45, 2.75) is 19.1 Å². The molecule has 1 aromatic carbocycles. The standard InChI is InChI=1S/C15H13F3N2O3S/c1-8(13(22)23)11(9-5-3-2-4-6-9)20-12(21)10-7-24-14(19-10)15(16,17)18/h2-8,11H,1H3,(H,20,21)(H,22,23). The molecule has 1 heterocycles. The molecule has 2 unspecified atom stereocenters. The molecule has 24 heavy (non-hydrogen) atoms. The molecule has 0 aliphatic heterocycles. The lowest BCUT2D eigenvalue weighted by molar-refractivity contribution is -0.142. The number of benzene rings is 1. The summed E-state index contributed by atoms with van der Waals surface area (Å²) < 4.78 is 37.7. The van der Waals surface area contributed by atoms with E-state index in [0.717, 1.165) is 5.38 Å². The molecule has 0 bridgehead atoms. The fourth-order valence-electron chi connectivity index (χ4n) is 2.02. The summed E-state index contributed by atoms with van der Waals surface area (Å²) in [6.07, 6.45) is -4.63. The number of nitrogens with one attached hydrogen (secondary N) is 1. The summed E-state index contributed by atoms with van der Waals surface area (Å²) in [5, 5.41) is 11.5. The van der Waals surface area contributed by atoms with Crippen LogP contribution in [0.15, 0.2) is 35.7 Å². The van der Waals surface area contributed by atoms with Crippen molar-refractivity contribution in [3.05, 3.63) is 52.0 Å². The van der Waals surface area contributed by atoms with Gasteiger partial charge in [0, 0.05) is 5.38 Å². The SMILES string of the molecule is CC(C(=O)O)C(NC(=O)c1csc(C(F)(F)F)n1)c1ccccc1. The van der Waals surface area contributed by atoms with Gasteiger partial charge in [0.05, 0.1) is 12.0 Å². The number of aliphatic carboxylic acids is 1. The summed E-state index contributed by atoms with van der Waals surface area (Å²) >= 11 is 0.309. The highest BCUT2D eigenvalue weighted by Crippen LogP contribution is 2.32. The molecule has 2 atom stereocenters. The molecule has 128 valence electrons. The number of hydrogen-bond acceptors (Lipinski definition) is 4. The highest BCUT2D eigenvalue weighted by atomic mass is 32.1. The fourth-order valence-corrected chi connectivity index (χ4v) is 2.69. The van der Waals surface area contributed by atoms with E-state index in [0.29, 0.717) is 16.9 Å². The number of rotatable bonds is 5. The average molecular weight is 358 g/mol. The number of carboxylic acids is 1. The van der Waals surface area contributed by atoms with Gasteiger partial charge in [-0.05, 0) is 12.5 Å². The number of aromatic nitrogens is 1. The van der Waals surface area contributed by atoms with Gasteiger partial charge in [-0.1, -0.05) is 30.3 Å². The Labute approximate surface area is 139 Å². The van der Waals surface area contributed by atoms with Crippen molar-refractivity contribution in [1.82, 2.24) is 10.3 Å². The van der Waals surface area contributed by atoms with E-state index in [4.69, 9.17) is 0 Å². The monoisotopic (exact) mass is 358 g/mol. The quantitative estimate of drug-likeness (QED) is 0.859. The number of alkyl halides is 3. The number of thiazole rings is 1. The predicted molar refractivity (Wildman–Crippen MR) is 80.6 cm³/mol. The summed E-state index contributed by atoms with van der Waals surface area (Å²) in [5.74, 6) is -2.97. The fraction of sp³-hybridized carbons (Fsp3) is 0.267. The lowest BCUT2D eigenvalue weighted by Gasteiger charge is -2.22. The molecular formula is C15H13F3N2O3S. The minimum Gasteiger partial charge on any atom is -0.481 e. The number of amides is 1. The molecule has 0 radical (unpaired) electrons. The highest BCUT2D eigenvalue weighted by molar-refractivity contribution is 7.09. The smallest absolute Gasteiger partial charge is 0.443 e. The highest BCUT2D eigenvalue weighted by Gasteiger charge is 2.35. The molecule has 9 heteroatoms. The third kappa shape index (κ3) is 4.10. The van der Waals surface area contributed by atoms with Gasteiger partial charge in [0.25, 0.3) is 5.91 Å². The first-order valence-corrected chi connectivity index (χ1v) is 7.69. The van der Waals surface area contributed by atoms with Crippen molar-refractivity contribution in [3.8, 4) is 0 Å². The normalized spacial score (nSPS) is 14.0. The molecule has 2 rings (SSSR count). The van der Waals surface area contributed by atoms with E-state index < -0.39 is 40.7 Å². The summed E-state index contributed by atoms with van der Waals surface area (Å²) in [4.78, 5) is 26.7. The van der Waals surface area contributed by atoms with Crippen LogP contribution in [0.3, 0.4) is 0 Å². The van der Waals surface area contributed by atoms with Crippen LogP contribution < -0.4 is 5.32 Å². The minimum absolute atomic E-state index is 0.309. The molecule has 0 fully saturated rings. The Balaban J connectivity index is 2.25. The average Bonchev–Trinajstić information content (AvgIpc) is 3.02. The summed E-state index contributed by atoms with van der Waals surface area (Å²) in [6.45, 7) is 1.41. The first-order valence-electron chi connectivity index (χ1n) is 6.81. The second-order valence-electron chi connectivity index (χ2n) is 5.02. The second-order valence-corrected chi connectivity index (χ2v) is 5.88. The predicted octanol–water partition coefficient (Wildman–Crippen LogP) is 3.35. The van der Waals surface area contributed by atoms with E-state index in [2.05, 4.69) is 10.3 Å². The zero-order valence-corrected chi connectivity index (χ0v) is 13.2. The summed E-state index contributed by atoms with van der Waals surface area (Å²) in [7, 11) is 0. The van der Waals surface area contributed by atoms with Crippen LogP contribution in [0.25, 0.3) is 0 Å². The van der Waals surface area contributed by atoms with Crippen LogP contribution in [0.2, 0.25) is 0 Å². The molecule has 0 aliphatic carbocycles. The maximum atomic E-state index is 12.6. The zero-order chi connectivity index (χ0) is 17.9. The van der Waals surface area contributed by atoms with Crippen molar-refractivity contribution >= 4 is 23.2 Å². The van der Waals surface area contributed by atoms with Gasteiger partial charge in [0.2, 0.25) is 0 Å². The van der Waals surface area contributed by atoms with Gasteiger partial charge >= 0.3 is 12.1 Å². The van der Waals surface area contributed by atoms with E-state index in [1.807, 2.05) is 0 Å². The lowest BCUT2D eigenvalue weighted by Crippen LogP contribution is -2.35. The maximum Gasteiger partial charge on any atom is 0.443 e. The van der Waals surface area contributed by atoms with Crippen LogP contribution in [0.1, 0.15) is 34.0 Å². The molecule has 1 aromatic heterocycles. The minimum atomic E-state index is -4.63. The van der Waals surface area contributed by atoms with Gasteiger partial charge < -0.3 is 10.4 Å². The molecule has 1 amide bonds. The van der Waals surface area contributed by atoms with Gasteiger partial charge in [-0.25, -0.2) is 4.98 Å². The van der Waals surface area contributed by atoms with E-state index in [1.165, 1.54) is 6.92 Å². The molecule has 0 saturated carbocycles. The van der Waals surface area contributed by atoms with Gasteiger partial charge in [0.15, 0.2) is 5.01 Å². The molecule has 2 aromatic rings. The third-order valence-electron chi connectivity index (χ3n) is 3.31. The van der Waals surface area contributed by atoms with Crippen LogP contribution in [0.5, 0.6) is 0 Å². The maximum absolute atomic E-state index is 12.6. The molecule has 0 aliphatic rings. The zero-order valence-electron chi connectivity index (χ0n) is 12.4. The molecule has 5 nitrogen and oxygen atoms in total. The van der Waals surface area contributed by atoms with Gasteiger partial charge in [0.1, 0.15) is 5.69 Å². The Bertz CT molecular complexity index is 731. The Morgan fingerprint density at radius 1 is 1.25 bits per heavy atom. The molecule has 0 saturated heterocycles. The lowest BCUT2D eigenvalue weighted by atomic mass is 9.94. The number of halogens is 3. The summed E-state index contributed by atoms with van der Waals surface area (Å²) in [6, 6.07) is 7.44. The van der Waals surface area contributed by atoms with Gasteiger partial charge in [-0.3, -0.25) is 9.59 Å². The van der Waals surface area contributed by atoms with Crippen molar-refractivity contribution in [1.29, 1.82) is 0 Å². The van der Waals surface area contributed by atoms with Crippen molar-refractivity contribution in [3.63, 3.8) is 0 Å². The molecule has 0 spiro atoms.